The van der Waals surface area contributed by atoms with E-state index < -0.39 is 22.1 Å². The minimum Gasteiger partial charge on any atom is -0.344 e. The maximum absolute atomic E-state index is 13.1. The zero-order valence-electron chi connectivity index (χ0n) is 16.6. The van der Waals surface area contributed by atoms with E-state index in [1.165, 1.54) is 35.0 Å². The lowest BCUT2D eigenvalue weighted by molar-refractivity contribution is -0.384. The number of non-ortho nitro benzene ring substituents is 1. The van der Waals surface area contributed by atoms with Gasteiger partial charge in [0.05, 0.1) is 21.7 Å². The average molecular weight is 419 g/mol. The van der Waals surface area contributed by atoms with Gasteiger partial charge in [0.15, 0.2) is 0 Å². The molecule has 10 nitrogen and oxygen atoms in total. The third kappa shape index (κ3) is 3.50. The first-order valence-corrected chi connectivity index (χ1v) is 9.23. The highest BCUT2D eigenvalue weighted by Crippen LogP contribution is 2.20. The van der Waals surface area contributed by atoms with Crippen molar-refractivity contribution in [2.24, 2.45) is 7.05 Å². The van der Waals surface area contributed by atoms with Crippen LogP contribution in [0.3, 0.4) is 0 Å². The zero-order valence-corrected chi connectivity index (χ0v) is 16.6. The van der Waals surface area contributed by atoms with Crippen molar-refractivity contribution in [2.45, 2.75) is 6.92 Å². The maximum atomic E-state index is 13.1. The molecule has 0 saturated heterocycles. The molecule has 0 unspecified atom stereocenters. The summed E-state index contributed by atoms with van der Waals surface area (Å²) >= 11 is 0. The van der Waals surface area contributed by atoms with E-state index in [9.17, 15) is 24.5 Å². The van der Waals surface area contributed by atoms with Crippen LogP contribution in [-0.2, 0) is 7.05 Å². The number of nitro groups is 1. The van der Waals surface area contributed by atoms with E-state index in [4.69, 9.17) is 0 Å². The molecule has 0 spiro atoms. The number of nitro benzene ring substituents is 1. The molecule has 31 heavy (non-hydrogen) atoms. The highest BCUT2D eigenvalue weighted by atomic mass is 16.6. The summed E-state index contributed by atoms with van der Waals surface area (Å²) in [6.07, 6.45) is 1.42. The largest absolute Gasteiger partial charge is 0.344 e. The van der Waals surface area contributed by atoms with Crippen LogP contribution in [0, 0.1) is 17.0 Å². The van der Waals surface area contributed by atoms with Gasteiger partial charge in [-0.15, -0.1) is 0 Å². The molecule has 1 amide bonds. The van der Waals surface area contributed by atoms with Crippen LogP contribution in [0.15, 0.2) is 64.3 Å². The van der Waals surface area contributed by atoms with Crippen molar-refractivity contribution in [3.63, 3.8) is 0 Å². The number of nitrogens with one attached hydrogen (secondary N) is 2. The number of carbonyl (C=O) groups excluding carboxylic acids is 1. The number of amides is 1. The van der Waals surface area contributed by atoms with Crippen molar-refractivity contribution in [3.05, 3.63) is 96.8 Å². The molecule has 2 aromatic carbocycles. The minimum absolute atomic E-state index is 0.0641. The first kappa shape index (κ1) is 19.8. The number of H-pyrrole nitrogens is 1. The Morgan fingerprint density at radius 1 is 1.13 bits per heavy atom. The van der Waals surface area contributed by atoms with Crippen LogP contribution < -0.4 is 16.6 Å². The van der Waals surface area contributed by atoms with Crippen molar-refractivity contribution < 1.29 is 9.72 Å². The summed E-state index contributed by atoms with van der Waals surface area (Å²) in [4.78, 5) is 51.6. The molecule has 0 aliphatic carbocycles. The molecule has 0 radical (unpaired) electrons. The number of aromatic amines is 1. The lowest BCUT2D eigenvalue weighted by Crippen LogP contribution is -2.34. The van der Waals surface area contributed by atoms with E-state index in [0.717, 1.165) is 10.1 Å². The van der Waals surface area contributed by atoms with Gasteiger partial charge in [-0.2, -0.15) is 0 Å². The zero-order chi connectivity index (χ0) is 22.3. The van der Waals surface area contributed by atoms with Crippen LogP contribution in [0.25, 0.3) is 16.7 Å². The van der Waals surface area contributed by atoms with E-state index in [1.807, 2.05) is 6.92 Å². The Morgan fingerprint density at radius 2 is 1.84 bits per heavy atom. The fraction of sp³-hybridized carbons (Fsp3) is 0.0952. The molecule has 0 aliphatic heterocycles. The van der Waals surface area contributed by atoms with Gasteiger partial charge in [-0.25, -0.2) is 9.36 Å². The molecule has 4 rings (SSSR count). The third-order valence-corrected chi connectivity index (χ3v) is 4.87. The highest BCUT2D eigenvalue weighted by molar-refractivity contribution is 6.11. The smallest absolute Gasteiger partial charge is 0.333 e. The maximum Gasteiger partial charge on any atom is 0.333 e. The summed E-state index contributed by atoms with van der Waals surface area (Å²) in [5.41, 5.74) is 0.464. The lowest BCUT2D eigenvalue weighted by Gasteiger charge is -2.07. The number of hydrogen-bond donors (Lipinski definition) is 2. The Hall–Kier alpha value is -4.47. The summed E-state index contributed by atoms with van der Waals surface area (Å²) in [6.45, 7) is 1.89. The molecule has 0 saturated carbocycles. The quantitative estimate of drug-likeness (QED) is 0.387. The molecule has 4 aromatic rings. The van der Waals surface area contributed by atoms with E-state index in [1.54, 1.807) is 31.3 Å². The second kappa shape index (κ2) is 7.41. The number of aryl methyl sites for hydroxylation is 2. The predicted octanol–water partition coefficient (Wildman–Crippen LogP) is 2.49. The van der Waals surface area contributed by atoms with Gasteiger partial charge in [0.2, 0.25) is 0 Å². The lowest BCUT2D eigenvalue weighted by atomic mass is 10.2. The first-order chi connectivity index (χ1) is 14.8. The Labute approximate surface area is 174 Å². The van der Waals surface area contributed by atoms with Crippen LogP contribution in [0.4, 0.5) is 11.4 Å². The summed E-state index contributed by atoms with van der Waals surface area (Å²) in [5, 5.41) is 13.5. The highest BCUT2D eigenvalue weighted by Gasteiger charge is 2.20. The van der Waals surface area contributed by atoms with Crippen LogP contribution in [0.5, 0.6) is 0 Å². The van der Waals surface area contributed by atoms with Gasteiger partial charge in [0, 0.05) is 31.1 Å². The van der Waals surface area contributed by atoms with E-state index in [2.05, 4.69) is 10.3 Å². The number of hydrogen-bond acceptors (Lipinski definition) is 5. The van der Waals surface area contributed by atoms with Crippen molar-refractivity contribution in [1.82, 2.24) is 14.1 Å². The van der Waals surface area contributed by atoms with Crippen molar-refractivity contribution in [1.29, 1.82) is 0 Å². The fourth-order valence-electron chi connectivity index (χ4n) is 3.37. The molecule has 156 valence electrons. The molecule has 0 fully saturated rings. The predicted molar refractivity (Wildman–Crippen MR) is 115 cm³/mol. The first-order valence-electron chi connectivity index (χ1n) is 9.23. The molecule has 2 heterocycles. The van der Waals surface area contributed by atoms with Crippen LogP contribution in [0.1, 0.15) is 15.9 Å². The van der Waals surface area contributed by atoms with Crippen molar-refractivity contribution in [2.75, 3.05) is 5.32 Å². The molecule has 2 aromatic heterocycles. The van der Waals surface area contributed by atoms with Crippen LogP contribution in [-0.4, -0.2) is 24.9 Å². The Morgan fingerprint density at radius 3 is 2.52 bits per heavy atom. The number of aromatic nitrogens is 3. The van der Waals surface area contributed by atoms with Crippen LogP contribution >= 0.6 is 0 Å². The van der Waals surface area contributed by atoms with Gasteiger partial charge < -0.3 is 14.9 Å². The fourth-order valence-corrected chi connectivity index (χ4v) is 3.37. The summed E-state index contributed by atoms with van der Waals surface area (Å²) in [5.74, 6) is -0.616. The van der Waals surface area contributed by atoms with Crippen LogP contribution in [0.2, 0.25) is 0 Å². The van der Waals surface area contributed by atoms with Gasteiger partial charge in [-0.3, -0.25) is 19.7 Å². The Bertz CT molecular complexity index is 1460. The SMILES string of the molecule is Cc1ccc(-n2c(=O)[nH]c3c(C(=O)Nc4cccc([N+](=O)[O-])c4)cn(C)c3c2=O)cc1. The standard InChI is InChI=1S/C21H17N5O5/c1-12-6-8-14(9-7-12)25-20(28)18-17(23-21(25)29)16(11-24(18)2)19(27)22-13-4-3-5-15(10-13)26(30)31/h3-11H,1-2H3,(H,22,27)(H,23,29). The summed E-state index contributed by atoms with van der Waals surface area (Å²) in [6, 6.07) is 12.4. The second-order valence-electron chi connectivity index (χ2n) is 7.05. The summed E-state index contributed by atoms with van der Waals surface area (Å²) < 4.78 is 2.46. The number of anilines is 1. The van der Waals surface area contributed by atoms with E-state index >= 15 is 0 Å². The Kier molecular flexibility index (Phi) is 4.74. The van der Waals surface area contributed by atoms with E-state index in [0.29, 0.717) is 5.69 Å². The minimum atomic E-state index is -0.683. The molecular weight excluding hydrogens is 402 g/mol. The number of nitrogens with zero attached hydrogens (tertiary/aromatic N) is 3. The molecule has 10 heteroatoms. The molecule has 0 bridgehead atoms. The third-order valence-electron chi connectivity index (χ3n) is 4.87. The normalized spacial score (nSPS) is 10.9. The second-order valence-corrected chi connectivity index (χ2v) is 7.05. The summed E-state index contributed by atoms with van der Waals surface area (Å²) in [7, 11) is 1.59. The number of rotatable bonds is 4. The molecule has 2 N–H and O–H groups in total. The van der Waals surface area contributed by atoms with E-state index in [-0.39, 0.29) is 28.0 Å². The Balaban J connectivity index is 1.80. The van der Waals surface area contributed by atoms with Gasteiger partial charge in [-0.1, -0.05) is 23.8 Å². The van der Waals surface area contributed by atoms with Gasteiger partial charge in [0.25, 0.3) is 17.2 Å². The molecular formula is C21H17N5O5. The monoisotopic (exact) mass is 419 g/mol. The van der Waals surface area contributed by atoms with Crippen molar-refractivity contribution in [3.8, 4) is 5.69 Å². The molecule has 0 aliphatic rings. The van der Waals surface area contributed by atoms with Gasteiger partial charge in [-0.05, 0) is 25.1 Å². The number of benzene rings is 2. The number of fused-ring (bicyclic) bond motifs is 1. The molecule has 0 atom stereocenters. The van der Waals surface area contributed by atoms with Gasteiger partial charge >= 0.3 is 5.69 Å². The van der Waals surface area contributed by atoms with Crippen molar-refractivity contribution >= 4 is 28.3 Å². The number of carbonyl (C=O) groups is 1. The average Bonchev–Trinajstić information content (AvgIpc) is 3.06. The van der Waals surface area contributed by atoms with Gasteiger partial charge in [0.1, 0.15) is 5.52 Å². The topological polar surface area (TPSA) is 132 Å².